The second-order valence-corrected chi connectivity index (χ2v) is 6.27. The van der Waals surface area contributed by atoms with Gasteiger partial charge in [0.2, 0.25) is 5.91 Å². The van der Waals surface area contributed by atoms with Gasteiger partial charge in [0.15, 0.2) is 0 Å². The predicted octanol–water partition coefficient (Wildman–Crippen LogP) is 4.99. The Morgan fingerprint density at radius 1 is 0.917 bits per heavy atom. The standard InChI is InChI=1S/C22H23NO/c1-17(19-8-4-3-5-9-19)23(2)22(24)15-13-18-12-14-20-10-6-7-11-21(20)16-18/h3-12,14,16-17H,13,15H2,1-2H3. The molecule has 1 unspecified atom stereocenters. The van der Waals surface area contributed by atoms with Crippen LogP contribution in [0.5, 0.6) is 0 Å². The first-order valence-electron chi connectivity index (χ1n) is 8.43. The number of carbonyl (C=O) groups is 1. The number of rotatable bonds is 5. The van der Waals surface area contributed by atoms with Gasteiger partial charge in [0.1, 0.15) is 0 Å². The topological polar surface area (TPSA) is 20.3 Å². The molecule has 2 heteroatoms. The Kier molecular flexibility index (Phi) is 4.95. The van der Waals surface area contributed by atoms with E-state index in [0.717, 1.165) is 6.42 Å². The molecule has 0 aliphatic heterocycles. The van der Waals surface area contributed by atoms with Gasteiger partial charge >= 0.3 is 0 Å². The Labute approximate surface area is 143 Å². The molecule has 24 heavy (non-hydrogen) atoms. The zero-order valence-corrected chi connectivity index (χ0v) is 14.3. The van der Waals surface area contributed by atoms with E-state index in [4.69, 9.17) is 0 Å². The highest BCUT2D eigenvalue weighted by Gasteiger charge is 2.16. The highest BCUT2D eigenvalue weighted by molar-refractivity contribution is 5.83. The average Bonchev–Trinajstić information content (AvgIpc) is 2.65. The van der Waals surface area contributed by atoms with E-state index in [9.17, 15) is 4.79 Å². The summed E-state index contributed by atoms with van der Waals surface area (Å²) in [4.78, 5) is 14.4. The fourth-order valence-corrected chi connectivity index (χ4v) is 2.99. The summed E-state index contributed by atoms with van der Waals surface area (Å²) < 4.78 is 0. The van der Waals surface area contributed by atoms with Gasteiger partial charge < -0.3 is 4.90 Å². The lowest BCUT2D eigenvalue weighted by atomic mass is 10.0. The maximum atomic E-state index is 12.5. The van der Waals surface area contributed by atoms with Gasteiger partial charge in [-0.05, 0) is 35.2 Å². The van der Waals surface area contributed by atoms with Crippen molar-refractivity contribution in [3.63, 3.8) is 0 Å². The minimum Gasteiger partial charge on any atom is -0.339 e. The quantitative estimate of drug-likeness (QED) is 0.649. The van der Waals surface area contributed by atoms with Crippen LogP contribution in [0.4, 0.5) is 0 Å². The summed E-state index contributed by atoms with van der Waals surface area (Å²) in [6.45, 7) is 2.07. The zero-order chi connectivity index (χ0) is 16.9. The third-order valence-electron chi connectivity index (χ3n) is 4.70. The van der Waals surface area contributed by atoms with Crippen LogP contribution in [-0.4, -0.2) is 17.9 Å². The number of hydrogen-bond acceptors (Lipinski definition) is 1. The Morgan fingerprint density at radius 2 is 1.58 bits per heavy atom. The SMILES string of the molecule is CC(c1ccccc1)N(C)C(=O)CCc1ccc2ccccc2c1. The number of fused-ring (bicyclic) bond motifs is 1. The number of amides is 1. The summed E-state index contributed by atoms with van der Waals surface area (Å²) in [5, 5.41) is 2.47. The van der Waals surface area contributed by atoms with E-state index in [-0.39, 0.29) is 11.9 Å². The first-order valence-corrected chi connectivity index (χ1v) is 8.43. The molecule has 3 aromatic rings. The van der Waals surface area contributed by atoms with Gasteiger partial charge in [0.25, 0.3) is 0 Å². The third-order valence-corrected chi connectivity index (χ3v) is 4.70. The number of carbonyl (C=O) groups excluding carboxylic acids is 1. The van der Waals surface area contributed by atoms with E-state index in [2.05, 4.69) is 49.4 Å². The number of hydrogen-bond donors (Lipinski definition) is 0. The first kappa shape index (κ1) is 16.3. The van der Waals surface area contributed by atoms with Gasteiger partial charge in [0, 0.05) is 13.5 Å². The molecule has 3 rings (SSSR count). The lowest BCUT2D eigenvalue weighted by Gasteiger charge is -2.25. The molecule has 0 bridgehead atoms. The van der Waals surface area contributed by atoms with Crippen molar-refractivity contribution < 1.29 is 4.79 Å². The molecule has 0 N–H and O–H groups in total. The van der Waals surface area contributed by atoms with E-state index >= 15 is 0 Å². The first-order chi connectivity index (χ1) is 11.6. The second kappa shape index (κ2) is 7.31. The minimum atomic E-state index is 0.0929. The maximum absolute atomic E-state index is 12.5. The minimum absolute atomic E-state index is 0.0929. The van der Waals surface area contributed by atoms with Crippen molar-refractivity contribution >= 4 is 16.7 Å². The van der Waals surface area contributed by atoms with Crippen LogP contribution in [-0.2, 0) is 11.2 Å². The van der Waals surface area contributed by atoms with Gasteiger partial charge in [-0.25, -0.2) is 0 Å². The van der Waals surface area contributed by atoms with Crippen molar-refractivity contribution in [2.24, 2.45) is 0 Å². The number of aryl methyl sites for hydroxylation is 1. The van der Waals surface area contributed by atoms with Crippen molar-refractivity contribution in [1.29, 1.82) is 0 Å². The van der Waals surface area contributed by atoms with Crippen molar-refractivity contribution in [2.75, 3.05) is 7.05 Å². The Bertz CT molecular complexity index is 826. The second-order valence-electron chi connectivity index (χ2n) is 6.27. The summed E-state index contributed by atoms with van der Waals surface area (Å²) >= 11 is 0. The fraction of sp³-hybridized carbons (Fsp3) is 0.227. The molecule has 0 spiro atoms. The highest BCUT2D eigenvalue weighted by Crippen LogP contribution is 2.20. The molecule has 3 aromatic carbocycles. The number of benzene rings is 3. The van der Waals surface area contributed by atoms with E-state index in [0.29, 0.717) is 6.42 Å². The van der Waals surface area contributed by atoms with Gasteiger partial charge in [-0.1, -0.05) is 72.8 Å². The molecule has 2 nitrogen and oxygen atoms in total. The van der Waals surface area contributed by atoms with Crippen LogP contribution in [0.3, 0.4) is 0 Å². The van der Waals surface area contributed by atoms with Gasteiger partial charge in [-0.15, -0.1) is 0 Å². The molecule has 0 heterocycles. The van der Waals surface area contributed by atoms with Gasteiger partial charge in [0.05, 0.1) is 6.04 Å². The van der Waals surface area contributed by atoms with E-state index in [1.807, 2.05) is 42.3 Å². The van der Waals surface area contributed by atoms with Crippen LogP contribution in [0.25, 0.3) is 10.8 Å². The van der Waals surface area contributed by atoms with Gasteiger partial charge in [-0.2, -0.15) is 0 Å². The Balaban J connectivity index is 1.63. The molecule has 0 aliphatic carbocycles. The molecule has 0 saturated heterocycles. The molecule has 0 aliphatic rings. The van der Waals surface area contributed by atoms with E-state index in [1.54, 1.807) is 0 Å². The van der Waals surface area contributed by atoms with Gasteiger partial charge in [-0.3, -0.25) is 4.79 Å². The number of nitrogens with zero attached hydrogens (tertiary/aromatic N) is 1. The predicted molar refractivity (Wildman–Crippen MR) is 99.9 cm³/mol. The van der Waals surface area contributed by atoms with Crippen LogP contribution in [0.2, 0.25) is 0 Å². The van der Waals surface area contributed by atoms with Crippen molar-refractivity contribution in [3.8, 4) is 0 Å². The molecule has 1 amide bonds. The summed E-state index contributed by atoms with van der Waals surface area (Å²) in [6, 6.07) is 25.0. The lowest BCUT2D eigenvalue weighted by molar-refractivity contribution is -0.131. The average molecular weight is 317 g/mol. The van der Waals surface area contributed by atoms with E-state index in [1.165, 1.54) is 21.9 Å². The highest BCUT2D eigenvalue weighted by atomic mass is 16.2. The summed E-state index contributed by atoms with van der Waals surface area (Å²) in [6.07, 6.45) is 1.31. The lowest BCUT2D eigenvalue weighted by Crippen LogP contribution is -2.29. The fourth-order valence-electron chi connectivity index (χ4n) is 2.99. The Morgan fingerprint density at radius 3 is 2.33 bits per heavy atom. The van der Waals surface area contributed by atoms with Crippen molar-refractivity contribution in [3.05, 3.63) is 83.9 Å². The van der Waals surface area contributed by atoms with E-state index < -0.39 is 0 Å². The van der Waals surface area contributed by atoms with Crippen LogP contribution in [0.1, 0.15) is 30.5 Å². The molecule has 122 valence electrons. The van der Waals surface area contributed by atoms with Crippen molar-refractivity contribution in [1.82, 2.24) is 4.90 Å². The normalized spacial score (nSPS) is 12.1. The molecule has 1 atom stereocenters. The smallest absolute Gasteiger partial charge is 0.223 e. The molecule has 0 fully saturated rings. The van der Waals surface area contributed by atoms with Crippen molar-refractivity contribution in [2.45, 2.75) is 25.8 Å². The van der Waals surface area contributed by atoms with Crippen LogP contribution in [0.15, 0.2) is 72.8 Å². The monoisotopic (exact) mass is 317 g/mol. The molecule has 0 radical (unpaired) electrons. The Hall–Kier alpha value is -2.61. The molecular weight excluding hydrogens is 294 g/mol. The molecule has 0 saturated carbocycles. The van der Waals surface area contributed by atoms with Crippen LogP contribution >= 0.6 is 0 Å². The largest absolute Gasteiger partial charge is 0.339 e. The van der Waals surface area contributed by atoms with Crippen LogP contribution in [0, 0.1) is 0 Å². The summed E-state index contributed by atoms with van der Waals surface area (Å²) in [7, 11) is 1.89. The van der Waals surface area contributed by atoms with Crippen LogP contribution < -0.4 is 0 Å². The zero-order valence-electron chi connectivity index (χ0n) is 14.3. The maximum Gasteiger partial charge on any atom is 0.223 e. The molecular formula is C22H23NO. The summed E-state index contributed by atoms with van der Waals surface area (Å²) in [5.74, 6) is 0.180. The third kappa shape index (κ3) is 3.65. The molecule has 0 aromatic heterocycles. The summed E-state index contributed by atoms with van der Waals surface area (Å²) in [5.41, 5.74) is 2.38.